The van der Waals surface area contributed by atoms with Crippen LogP contribution in [-0.4, -0.2) is 51.1 Å². The molecule has 1 aromatic rings. The molecule has 0 saturated heterocycles. The van der Waals surface area contributed by atoms with Crippen molar-refractivity contribution in [2.75, 3.05) is 45.2 Å². The van der Waals surface area contributed by atoms with E-state index in [-0.39, 0.29) is 5.91 Å². The summed E-state index contributed by atoms with van der Waals surface area (Å²) in [5.41, 5.74) is 0.979. The fourth-order valence-corrected chi connectivity index (χ4v) is 2.11. The first-order valence-corrected chi connectivity index (χ1v) is 7.37. The third-order valence-electron chi connectivity index (χ3n) is 3.55. The van der Waals surface area contributed by atoms with Crippen LogP contribution in [0.25, 0.3) is 0 Å². The van der Waals surface area contributed by atoms with Crippen molar-refractivity contribution in [3.05, 3.63) is 30.3 Å². The molecule has 0 spiro atoms. The summed E-state index contributed by atoms with van der Waals surface area (Å²) < 4.78 is 0. The molecule has 1 amide bonds. The molecule has 1 saturated carbocycles. The molecule has 20 heavy (non-hydrogen) atoms. The van der Waals surface area contributed by atoms with Gasteiger partial charge in [-0.1, -0.05) is 18.2 Å². The first-order valence-electron chi connectivity index (χ1n) is 7.37. The van der Waals surface area contributed by atoms with Crippen LogP contribution in [-0.2, 0) is 4.79 Å². The number of para-hydroxylation sites is 1. The lowest BCUT2D eigenvalue weighted by molar-refractivity contribution is -0.117. The van der Waals surface area contributed by atoms with Crippen LogP contribution in [0.2, 0.25) is 0 Å². The number of hydrogen-bond donors (Lipinski definition) is 1. The van der Waals surface area contributed by atoms with Gasteiger partial charge in [-0.05, 0) is 51.5 Å². The fourth-order valence-electron chi connectivity index (χ4n) is 2.11. The summed E-state index contributed by atoms with van der Waals surface area (Å²) in [6.45, 7) is 2.99. The third-order valence-corrected chi connectivity index (χ3v) is 3.55. The molecule has 0 aromatic heterocycles. The van der Waals surface area contributed by atoms with E-state index in [0.29, 0.717) is 6.54 Å². The zero-order valence-corrected chi connectivity index (χ0v) is 12.5. The van der Waals surface area contributed by atoms with E-state index in [1.165, 1.54) is 12.8 Å². The minimum absolute atomic E-state index is 0.152. The van der Waals surface area contributed by atoms with Gasteiger partial charge in [0.1, 0.15) is 0 Å². The molecule has 1 fully saturated rings. The number of benzene rings is 1. The number of hydrogen-bond acceptors (Lipinski definition) is 3. The Balaban J connectivity index is 1.91. The lowest BCUT2D eigenvalue weighted by Gasteiger charge is -2.24. The molecule has 1 aromatic carbocycles. The molecule has 110 valence electrons. The molecule has 2 rings (SSSR count). The number of nitrogens with zero attached hydrogens (tertiary/aromatic N) is 2. The highest BCUT2D eigenvalue weighted by Crippen LogP contribution is 2.27. The highest BCUT2D eigenvalue weighted by atomic mass is 16.2. The SMILES string of the molecule is CN(C)CCN(C(=O)CNCC1CC1)c1ccccc1. The summed E-state index contributed by atoms with van der Waals surface area (Å²) in [5, 5.41) is 3.28. The van der Waals surface area contributed by atoms with Crippen molar-refractivity contribution in [1.82, 2.24) is 10.2 Å². The maximum atomic E-state index is 12.4. The first-order chi connectivity index (χ1) is 9.66. The minimum Gasteiger partial charge on any atom is -0.310 e. The van der Waals surface area contributed by atoms with E-state index in [2.05, 4.69) is 10.2 Å². The second kappa shape index (κ2) is 7.41. The second-order valence-corrected chi connectivity index (χ2v) is 5.76. The normalized spacial score (nSPS) is 14.6. The van der Waals surface area contributed by atoms with E-state index in [1.807, 2.05) is 49.3 Å². The lowest BCUT2D eigenvalue weighted by Crippen LogP contribution is -2.42. The van der Waals surface area contributed by atoms with Gasteiger partial charge in [-0.3, -0.25) is 4.79 Å². The number of carbonyl (C=O) groups is 1. The van der Waals surface area contributed by atoms with Crippen LogP contribution >= 0.6 is 0 Å². The predicted molar refractivity (Wildman–Crippen MR) is 82.9 cm³/mol. The summed E-state index contributed by atoms with van der Waals surface area (Å²) in [6.07, 6.45) is 2.62. The quantitative estimate of drug-likeness (QED) is 0.782. The van der Waals surface area contributed by atoms with Gasteiger partial charge in [0, 0.05) is 18.8 Å². The Bertz CT molecular complexity index is 415. The Morgan fingerprint density at radius 1 is 1.20 bits per heavy atom. The summed E-state index contributed by atoms with van der Waals surface area (Å²) in [7, 11) is 4.05. The average Bonchev–Trinajstić information content (AvgIpc) is 3.24. The molecule has 0 unspecified atom stereocenters. The maximum Gasteiger partial charge on any atom is 0.240 e. The Morgan fingerprint density at radius 3 is 2.50 bits per heavy atom. The van der Waals surface area contributed by atoms with Crippen molar-refractivity contribution in [3.8, 4) is 0 Å². The third kappa shape index (κ3) is 4.94. The van der Waals surface area contributed by atoms with Crippen LogP contribution in [0.4, 0.5) is 5.69 Å². The molecule has 0 bridgehead atoms. The Kier molecular flexibility index (Phi) is 5.56. The van der Waals surface area contributed by atoms with Crippen molar-refractivity contribution in [2.24, 2.45) is 5.92 Å². The smallest absolute Gasteiger partial charge is 0.240 e. The standard InChI is InChI=1S/C16H25N3O/c1-18(2)10-11-19(15-6-4-3-5-7-15)16(20)13-17-12-14-8-9-14/h3-7,14,17H,8-13H2,1-2H3. The number of amides is 1. The van der Waals surface area contributed by atoms with Gasteiger partial charge >= 0.3 is 0 Å². The van der Waals surface area contributed by atoms with E-state index >= 15 is 0 Å². The Morgan fingerprint density at radius 2 is 1.90 bits per heavy atom. The predicted octanol–water partition coefficient (Wildman–Crippen LogP) is 1.58. The van der Waals surface area contributed by atoms with Crippen molar-refractivity contribution >= 4 is 11.6 Å². The maximum absolute atomic E-state index is 12.4. The van der Waals surface area contributed by atoms with Crippen LogP contribution < -0.4 is 10.2 Å². The molecule has 1 aliphatic rings. The summed E-state index contributed by atoms with van der Waals surface area (Å²) in [4.78, 5) is 16.4. The number of rotatable bonds is 8. The molecule has 0 radical (unpaired) electrons. The first kappa shape index (κ1) is 15.0. The number of nitrogens with one attached hydrogen (secondary N) is 1. The molecular weight excluding hydrogens is 250 g/mol. The van der Waals surface area contributed by atoms with Gasteiger partial charge < -0.3 is 15.1 Å². The summed E-state index contributed by atoms with van der Waals surface area (Å²) in [5.74, 6) is 0.952. The van der Waals surface area contributed by atoms with Gasteiger partial charge in [0.05, 0.1) is 6.54 Å². The van der Waals surface area contributed by atoms with E-state index in [0.717, 1.165) is 31.2 Å². The largest absolute Gasteiger partial charge is 0.310 e. The van der Waals surface area contributed by atoms with E-state index in [4.69, 9.17) is 0 Å². The molecule has 1 aliphatic carbocycles. The second-order valence-electron chi connectivity index (χ2n) is 5.76. The molecule has 0 atom stereocenters. The Hall–Kier alpha value is -1.39. The van der Waals surface area contributed by atoms with Crippen molar-refractivity contribution in [2.45, 2.75) is 12.8 Å². The highest BCUT2D eigenvalue weighted by molar-refractivity contribution is 5.94. The highest BCUT2D eigenvalue weighted by Gasteiger charge is 2.21. The molecule has 1 N–H and O–H groups in total. The summed E-state index contributed by atoms with van der Waals surface area (Å²) >= 11 is 0. The number of carbonyl (C=O) groups excluding carboxylic acids is 1. The van der Waals surface area contributed by atoms with Crippen LogP contribution in [0.15, 0.2) is 30.3 Å². The van der Waals surface area contributed by atoms with Gasteiger partial charge in [-0.15, -0.1) is 0 Å². The van der Waals surface area contributed by atoms with Crippen LogP contribution in [0, 0.1) is 5.92 Å². The monoisotopic (exact) mass is 275 g/mol. The van der Waals surface area contributed by atoms with E-state index in [9.17, 15) is 4.79 Å². The fraction of sp³-hybridized carbons (Fsp3) is 0.562. The van der Waals surface area contributed by atoms with E-state index < -0.39 is 0 Å². The molecular formula is C16H25N3O. The van der Waals surface area contributed by atoms with Crippen LogP contribution in [0.3, 0.4) is 0 Å². The van der Waals surface area contributed by atoms with Gasteiger partial charge in [0.2, 0.25) is 5.91 Å². The lowest BCUT2D eigenvalue weighted by atomic mass is 10.2. The number of likely N-dealkylation sites (N-methyl/N-ethyl adjacent to an activating group) is 1. The topological polar surface area (TPSA) is 35.6 Å². The Labute approximate surface area is 121 Å². The van der Waals surface area contributed by atoms with Gasteiger partial charge in [-0.25, -0.2) is 0 Å². The van der Waals surface area contributed by atoms with Gasteiger partial charge in [0.25, 0.3) is 0 Å². The molecule has 4 nitrogen and oxygen atoms in total. The van der Waals surface area contributed by atoms with Gasteiger partial charge in [-0.2, -0.15) is 0 Å². The zero-order chi connectivity index (χ0) is 14.4. The molecule has 0 aliphatic heterocycles. The molecule has 4 heteroatoms. The van der Waals surface area contributed by atoms with Crippen molar-refractivity contribution < 1.29 is 4.79 Å². The summed E-state index contributed by atoms with van der Waals surface area (Å²) in [6, 6.07) is 9.91. The van der Waals surface area contributed by atoms with Gasteiger partial charge in [0.15, 0.2) is 0 Å². The van der Waals surface area contributed by atoms with Crippen molar-refractivity contribution in [1.29, 1.82) is 0 Å². The number of anilines is 1. The minimum atomic E-state index is 0.152. The van der Waals surface area contributed by atoms with E-state index in [1.54, 1.807) is 0 Å². The average molecular weight is 275 g/mol. The zero-order valence-electron chi connectivity index (χ0n) is 12.5. The van der Waals surface area contributed by atoms with Crippen molar-refractivity contribution in [3.63, 3.8) is 0 Å². The van der Waals surface area contributed by atoms with Crippen LogP contribution in [0.1, 0.15) is 12.8 Å². The van der Waals surface area contributed by atoms with Crippen LogP contribution in [0.5, 0.6) is 0 Å². The molecule has 0 heterocycles.